The topological polar surface area (TPSA) is 55.5 Å². The summed E-state index contributed by atoms with van der Waals surface area (Å²) in [4.78, 5) is 0. The summed E-state index contributed by atoms with van der Waals surface area (Å²) in [6.07, 6.45) is 2.64. The zero-order valence-electron chi connectivity index (χ0n) is 9.90. The van der Waals surface area contributed by atoms with Crippen LogP contribution in [-0.2, 0) is 0 Å². The number of aliphatic hydroxyl groups excluding tert-OH is 1. The Bertz CT molecular complexity index is 393. The van der Waals surface area contributed by atoms with Gasteiger partial charge < -0.3 is 15.6 Å². The third kappa shape index (κ3) is 2.42. The molecule has 2 atom stereocenters. The normalized spacial score (nSPS) is 19.5. The molecule has 1 fully saturated rings. The van der Waals surface area contributed by atoms with Crippen molar-refractivity contribution >= 4 is 0 Å². The molecular formula is C13H18FNO2. The third-order valence-corrected chi connectivity index (χ3v) is 3.56. The Morgan fingerprint density at radius 2 is 2.18 bits per heavy atom. The highest BCUT2D eigenvalue weighted by Gasteiger charge is 2.30. The van der Waals surface area contributed by atoms with Crippen LogP contribution >= 0.6 is 0 Å². The summed E-state index contributed by atoms with van der Waals surface area (Å²) >= 11 is 0. The Labute approximate surface area is 100 Å². The molecule has 0 aliphatic heterocycles. The lowest BCUT2D eigenvalue weighted by molar-refractivity contribution is 0.0413. The fourth-order valence-electron chi connectivity index (χ4n) is 2.16. The SMILES string of the molecule is COc1cc([C@H](N)[C@H](O)C2CCC2)ccc1F. The maximum Gasteiger partial charge on any atom is 0.165 e. The van der Waals surface area contributed by atoms with Crippen molar-refractivity contribution in [2.75, 3.05) is 7.11 Å². The van der Waals surface area contributed by atoms with Crippen molar-refractivity contribution in [1.82, 2.24) is 0 Å². The van der Waals surface area contributed by atoms with E-state index in [2.05, 4.69) is 0 Å². The first kappa shape index (κ1) is 12.3. The molecule has 17 heavy (non-hydrogen) atoms. The number of methoxy groups -OCH3 is 1. The number of halogens is 1. The molecule has 94 valence electrons. The van der Waals surface area contributed by atoms with Gasteiger partial charge in [-0.25, -0.2) is 4.39 Å². The van der Waals surface area contributed by atoms with Gasteiger partial charge in [-0.2, -0.15) is 0 Å². The first-order valence-corrected chi connectivity index (χ1v) is 5.90. The van der Waals surface area contributed by atoms with E-state index in [4.69, 9.17) is 10.5 Å². The molecule has 1 aromatic rings. The van der Waals surface area contributed by atoms with E-state index in [0.29, 0.717) is 5.56 Å². The van der Waals surface area contributed by atoms with Crippen molar-refractivity contribution in [3.05, 3.63) is 29.6 Å². The van der Waals surface area contributed by atoms with E-state index in [9.17, 15) is 9.50 Å². The summed E-state index contributed by atoms with van der Waals surface area (Å²) < 4.78 is 18.1. The largest absolute Gasteiger partial charge is 0.494 e. The minimum Gasteiger partial charge on any atom is -0.494 e. The standard InChI is InChI=1S/C13H18FNO2/c1-17-11-7-9(5-6-10(11)14)12(15)13(16)8-3-2-4-8/h5-8,12-13,16H,2-4,15H2,1H3/t12-,13+/m0/s1. The number of benzene rings is 1. The van der Waals surface area contributed by atoms with E-state index in [0.717, 1.165) is 19.3 Å². The molecule has 1 aromatic carbocycles. The van der Waals surface area contributed by atoms with Crippen molar-refractivity contribution in [2.24, 2.45) is 11.7 Å². The molecule has 0 aromatic heterocycles. The molecule has 2 rings (SSSR count). The van der Waals surface area contributed by atoms with E-state index < -0.39 is 18.0 Å². The van der Waals surface area contributed by atoms with Gasteiger partial charge in [0.25, 0.3) is 0 Å². The molecule has 0 radical (unpaired) electrons. The van der Waals surface area contributed by atoms with E-state index in [1.807, 2.05) is 0 Å². The molecule has 3 N–H and O–H groups in total. The zero-order chi connectivity index (χ0) is 12.4. The quantitative estimate of drug-likeness (QED) is 0.845. The Balaban J connectivity index is 2.15. The van der Waals surface area contributed by atoms with Crippen molar-refractivity contribution in [1.29, 1.82) is 0 Å². The van der Waals surface area contributed by atoms with Crippen LogP contribution in [-0.4, -0.2) is 18.3 Å². The Morgan fingerprint density at radius 1 is 1.47 bits per heavy atom. The molecule has 0 saturated heterocycles. The van der Waals surface area contributed by atoms with Crippen LogP contribution in [0.25, 0.3) is 0 Å². The molecular weight excluding hydrogens is 221 g/mol. The fourth-order valence-corrected chi connectivity index (χ4v) is 2.16. The number of hydrogen-bond acceptors (Lipinski definition) is 3. The van der Waals surface area contributed by atoms with E-state index in [1.54, 1.807) is 12.1 Å². The van der Waals surface area contributed by atoms with Crippen molar-refractivity contribution in [3.63, 3.8) is 0 Å². The monoisotopic (exact) mass is 239 g/mol. The Kier molecular flexibility index (Phi) is 3.64. The predicted molar refractivity (Wildman–Crippen MR) is 63.2 cm³/mol. The second kappa shape index (κ2) is 5.02. The minimum atomic E-state index is -0.557. The fraction of sp³-hybridized carbons (Fsp3) is 0.538. The first-order valence-electron chi connectivity index (χ1n) is 5.90. The summed E-state index contributed by atoms with van der Waals surface area (Å²) in [5.74, 6) is 0.0291. The highest BCUT2D eigenvalue weighted by molar-refractivity contribution is 5.32. The van der Waals surface area contributed by atoms with Crippen LogP contribution in [0, 0.1) is 11.7 Å². The zero-order valence-corrected chi connectivity index (χ0v) is 9.90. The maximum atomic E-state index is 13.2. The van der Waals surface area contributed by atoms with Gasteiger partial charge in [0, 0.05) is 0 Å². The van der Waals surface area contributed by atoms with Crippen LogP contribution in [0.1, 0.15) is 30.9 Å². The lowest BCUT2D eigenvalue weighted by atomic mass is 9.77. The summed E-state index contributed by atoms with van der Waals surface area (Å²) in [6.45, 7) is 0. The summed E-state index contributed by atoms with van der Waals surface area (Å²) in [5.41, 5.74) is 6.71. The van der Waals surface area contributed by atoms with Crippen molar-refractivity contribution in [2.45, 2.75) is 31.4 Å². The molecule has 4 heteroatoms. The molecule has 1 saturated carbocycles. The van der Waals surface area contributed by atoms with Crippen molar-refractivity contribution in [3.8, 4) is 5.75 Å². The number of hydrogen-bond donors (Lipinski definition) is 2. The van der Waals surface area contributed by atoms with Crippen LogP contribution < -0.4 is 10.5 Å². The molecule has 0 amide bonds. The van der Waals surface area contributed by atoms with Gasteiger partial charge in [0.15, 0.2) is 11.6 Å². The van der Waals surface area contributed by atoms with E-state index in [1.165, 1.54) is 13.2 Å². The van der Waals surface area contributed by atoms with Crippen LogP contribution in [0.15, 0.2) is 18.2 Å². The van der Waals surface area contributed by atoms with Gasteiger partial charge in [-0.3, -0.25) is 0 Å². The molecule has 1 aliphatic carbocycles. The number of aliphatic hydroxyl groups is 1. The molecule has 0 bridgehead atoms. The average molecular weight is 239 g/mol. The van der Waals surface area contributed by atoms with Gasteiger partial charge in [-0.1, -0.05) is 12.5 Å². The van der Waals surface area contributed by atoms with Crippen LogP contribution in [0.4, 0.5) is 4.39 Å². The highest BCUT2D eigenvalue weighted by atomic mass is 19.1. The number of ether oxygens (including phenoxy) is 1. The summed E-state index contributed by atoms with van der Waals surface area (Å²) in [7, 11) is 1.41. The number of rotatable bonds is 4. The smallest absolute Gasteiger partial charge is 0.165 e. The van der Waals surface area contributed by atoms with E-state index in [-0.39, 0.29) is 11.7 Å². The highest BCUT2D eigenvalue weighted by Crippen LogP contribution is 2.35. The second-order valence-corrected chi connectivity index (χ2v) is 4.60. The van der Waals surface area contributed by atoms with Gasteiger partial charge in [0.2, 0.25) is 0 Å². The molecule has 3 nitrogen and oxygen atoms in total. The summed E-state index contributed by atoms with van der Waals surface area (Å²) in [6, 6.07) is 4.00. The number of nitrogens with two attached hydrogens (primary N) is 1. The van der Waals surface area contributed by atoms with Crippen LogP contribution in [0.5, 0.6) is 5.75 Å². The van der Waals surface area contributed by atoms with Crippen molar-refractivity contribution < 1.29 is 14.2 Å². The van der Waals surface area contributed by atoms with Gasteiger partial charge in [-0.05, 0) is 36.5 Å². The lowest BCUT2D eigenvalue weighted by Gasteiger charge is -2.33. The van der Waals surface area contributed by atoms with E-state index >= 15 is 0 Å². The lowest BCUT2D eigenvalue weighted by Crippen LogP contribution is -2.36. The summed E-state index contributed by atoms with van der Waals surface area (Å²) in [5, 5.41) is 10.1. The predicted octanol–water partition coefficient (Wildman–Crippen LogP) is 2.00. The maximum absolute atomic E-state index is 13.2. The van der Waals surface area contributed by atoms with Crippen LogP contribution in [0.2, 0.25) is 0 Å². The first-order chi connectivity index (χ1) is 8.13. The second-order valence-electron chi connectivity index (χ2n) is 4.60. The van der Waals surface area contributed by atoms with Gasteiger partial charge >= 0.3 is 0 Å². The Morgan fingerprint density at radius 3 is 2.71 bits per heavy atom. The van der Waals surface area contributed by atoms with Gasteiger partial charge in [0.05, 0.1) is 19.3 Å². The van der Waals surface area contributed by atoms with Gasteiger partial charge in [-0.15, -0.1) is 0 Å². The van der Waals surface area contributed by atoms with Crippen LogP contribution in [0.3, 0.4) is 0 Å². The molecule has 1 aliphatic rings. The Hall–Kier alpha value is -1.13. The van der Waals surface area contributed by atoms with Gasteiger partial charge in [0.1, 0.15) is 0 Å². The average Bonchev–Trinajstić information content (AvgIpc) is 2.26. The minimum absolute atomic E-state index is 0.166. The molecule has 0 unspecified atom stereocenters. The third-order valence-electron chi connectivity index (χ3n) is 3.56. The molecule has 0 heterocycles. The molecule has 0 spiro atoms.